The number of halogens is 1. The Labute approximate surface area is 140 Å². The van der Waals surface area contributed by atoms with Crippen molar-refractivity contribution in [1.82, 2.24) is 15.3 Å². The van der Waals surface area contributed by atoms with E-state index in [-0.39, 0.29) is 12.4 Å². The molecular weight excluding hydrogens is 318 g/mol. The lowest BCUT2D eigenvalue weighted by Gasteiger charge is -2.21. The van der Waals surface area contributed by atoms with E-state index in [0.29, 0.717) is 5.95 Å². The van der Waals surface area contributed by atoms with Gasteiger partial charge in [0.25, 0.3) is 0 Å². The van der Waals surface area contributed by atoms with E-state index in [0.717, 1.165) is 50.4 Å². The summed E-state index contributed by atoms with van der Waals surface area (Å²) in [6.07, 6.45) is 6.05. The van der Waals surface area contributed by atoms with Gasteiger partial charge in [-0.05, 0) is 44.2 Å². The summed E-state index contributed by atoms with van der Waals surface area (Å²) in [6.45, 7) is 4.13. The zero-order valence-electron chi connectivity index (χ0n) is 12.6. The Bertz CT molecular complexity index is 663. The summed E-state index contributed by atoms with van der Waals surface area (Å²) in [7, 11) is 0. The minimum absolute atomic E-state index is 0. The second-order valence-corrected chi connectivity index (χ2v) is 6.99. The molecule has 120 valence electrons. The molecule has 22 heavy (non-hydrogen) atoms. The monoisotopic (exact) mass is 339 g/mol. The number of aryl methyl sites for hydroxylation is 2. The van der Waals surface area contributed by atoms with Gasteiger partial charge >= 0.3 is 0 Å². The van der Waals surface area contributed by atoms with Crippen molar-refractivity contribution in [2.24, 2.45) is 0 Å². The van der Waals surface area contributed by atoms with E-state index in [2.05, 4.69) is 20.2 Å². The van der Waals surface area contributed by atoms with E-state index in [1.54, 1.807) is 0 Å². The summed E-state index contributed by atoms with van der Waals surface area (Å²) in [5, 5.41) is 3.45. The predicted molar refractivity (Wildman–Crippen MR) is 95.4 cm³/mol. The SMILES string of the molecule is Cl.Nc1nc(N2CCCNCC2)c2sc3c(c2n1)CCCC3. The number of nitrogen functional groups attached to an aromatic ring is 1. The van der Waals surface area contributed by atoms with Crippen LogP contribution in [0.5, 0.6) is 0 Å². The molecule has 0 unspecified atom stereocenters. The second-order valence-electron chi connectivity index (χ2n) is 5.88. The molecule has 0 bridgehead atoms. The molecule has 0 amide bonds. The van der Waals surface area contributed by atoms with Gasteiger partial charge in [0.15, 0.2) is 5.82 Å². The molecule has 7 heteroatoms. The fraction of sp³-hybridized carbons (Fsp3) is 0.600. The average Bonchev–Trinajstić information content (AvgIpc) is 2.69. The molecule has 1 aliphatic carbocycles. The van der Waals surface area contributed by atoms with Crippen LogP contribution in [0.1, 0.15) is 29.7 Å². The Morgan fingerprint density at radius 2 is 1.91 bits per heavy atom. The van der Waals surface area contributed by atoms with Crippen molar-refractivity contribution in [3.63, 3.8) is 0 Å². The minimum Gasteiger partial charge on any atom is -0.368 e. The van der Waals surface area contributed by atoms with Gasteiger partial charge in [-0.2, -0.15) is 4.98 Å². The molecule has 5 nitrogen and oxygen atoms in total. The minimum atomic E-state index is 0. The molecule has 0 saturated carbocycles. The molecule has 1 saturated heterocycles. The summed E-state index contributed by atoms with van der Waals surface area (Å²) >= 11 is 1.89. The molecule has 3 N–H and O–H groups in total. The van der Waals surface area contributed by atoms with Gasteiger partial charge in [0.1, 0.15) is 0 Å². The van der Waals surface area contributed by atoms with Crippen LogP contribution in [0.15, 0.2) is 0 Å². The number of nitrogens with zero attached hydrogens (tertiary/aromatic N) is 3. The van der Waals surface area contributed by atoms with Crippen LogP contribution in [0.3, 0.4) is 0 Å². The number of rotatable bonds is 1. The maximum atomic E-state index is 6.00. The maximum Gasteiger partial charge on any atom is 0.222 e. The van der Waals surface area contributed by atoms with E-state index in [4.69, 9.17) is 5.73 Å². The molecule has 2 aromatic heterocycles. The van der Waals surface area contributed by atoms with Crippen molar-refractivity contribution < 1.29 is 0 Å². The highest BCUT2D eigenvalue weighted by molar-refractivity contribution is 7.19. The van der Waals surface area contributed by atoms with Crippen LogP contribution in [0.2, 0.25) is 0 Å². The highest BCUT2D eigenvalue weighted by atomic mass is 35.5. The smallest absolute Gasteiger partial charge is 0.222 e. The first-order chi connectivity index (χ1) is 10.3. The highest BCUT2D eigenvalue weighted by Crippen LogP contribution is 2.39. The van der Waals surface area contributed by atoms with E-state index in [1.165, 1.54) is 34.4 Å². The van der Waals surface area contributed by atoms with Gasteiger partial charge in [0, 0.05) is 24.5 Å². The number of fused-ring (bicyclic) bond motifs is 3. The Hall–Kier alpha value is -1.11. The molecule has 2 aliphatic rings. The quantitative estimate of drug-likeness (QED) is 0.835. The lowest BCUT2D eigenvalue weighted by atomic mass is 9.98. The number of thiophene rings is 1. The summed E-state index contributed by atoms with van der Waals surface area (Å²) in [5.74, 6) is 1.47. The standard InChI is InChI=1S/C15H21N5S.ClH/c16-15-18-12-10-4-1-2-5-11(10)21-13(12)14(19-15)20-8-3-6-17-7-9-20;/h17H,1-9H2,(H2,16,18,19);1H. The van der Waals surface area contributed by atoms with Gasteiger partial charge in [-0.3, -0.25) is 0 Å². The fourth-order valence-corrected chi connectivity index (χ4v) is 4.74. The summed E-state index contributed by atoms with van der Waals surface area (Å²) in [5.41, 5.74) is 8.56. The van der Waals surface area contributed by atoms with E-state index in [1.807, 2.05) is 11.3 Å². The topological polar surface area (TPSA) is 67.1 Å². The van der Waals surface area contributed by atoms with Crippen LogP contribution < -0.4 is 16.0 Å². The maximum absolute atomic E-state index is 6.00. The van der Waals surface area contributed by atoms with Crippen LogP contribution >= 0.6 is 23.7 Å². The van der Waals surface area contributed by atoms with Crippen LogP contribution in [0, 0.1) is 0 Å². The van der Waals surface area contributed by atoms with Crippen molar-refractivity contribution in [3.8, 4) is 0 Å². The zero-order chi connectivity index (χ0) is 14.2. The normalized spacial score (nSPS) is 18.6. The summed E-state index contributed by atoms with van der Waals surface area (Å²) < 4.78 is 1.25. The van der Waals surface area contributed by atoms with Crippen LogP contribution in [0.25, 0.3) is 10.2 Å². The van der Waals surface area contributed by atoms with Crippen LogP contribution in [0.4, 0.5) is 11.8 Å². The van der Waals surface area contributed by atoms with Gasteiger partial charge in [0.05, 0.1) is 10.2 Å². The summed E-state index contributed by atoms with van der Waals surface area (Å²) in [6, 6.07) is 0. The molecule has 4 rings (SSSR count). The number of hydrogen-bond acceptors (Lipinski definition) is 6. The van der Waals surface area contributed by atoms with Gasteiger partial charge < -0.3 is 16.0 Å². The summed E-state index contributed by atoms with van der Waals surface area (Å²) in [4.78, 5) is 13.0. The van der Waals surface area contributed by atoms with Gasteiger partial charge in [0.2, 0.25) is 5.95 Å². The third-order valence-corrected chi connectivity index (χ3v) is 5.71. The number of anilines is 2. The average molecular weight is 340 g/mol. The first-order valence-electron chi connectivity index (χ1n) is 7.86. The van der Waals surface area contributed by atoms with Crippen molar-refractivity contribution in [2.75, 3.05) is 36.8 Å². The highest BCUT2D eigenvalue weighted by Gasteiger charge is 2.23. The van der Waals surface area contributed by atoms with Gasteiger partial charge in [-0.1, -0.05) is 0 Å². The molecule has 3 heterocycles. The van der Waals surface area contributed by atoms with Gasteiger partial charge in [-0.25, -0.2) is 4.98 Å². The third-order valence-electron chi connectivity index (χ3n) is 4.43. The van der Waals surface area contributed by atoms with Crippen molar-refractivity contribution in [3.05, 3.63) is 10.4 Å². The van der Waals surface area contributed by atoms with Crippen LogP contribution in [-0.2, 0) is 12.8 Å². The van der Waals surface area contributed by atoms with Crippen molar-refractivity contribution >= 4 is 45.7 Å². The van der Waals surface area contributed by atoms with Gasteiger partial charge in [-0.15, -0.1) is 23.7 Å². The van der Waals surface area contributed by atoms with Crippen molar-refractivity contribution in [2.45, 2.75) is 32.1 Å². The molecule has 1 aliphatic heterocycles. The number of aromatic nitrogens is 2. The van der Waals surface area contributed by atoms with Crippen molar-refractivity contribution in [1.29, 1.82) is 0 Å². The fourth-order valence-electron chi connectivity index (χ4n) is 3.39. The molecule has 2 aromatic rings. The van der Waals surface area contributed by atoms with E-state index in [9.17, 15) is 0 Å². The second kappa shape index (κ2) is 6.56. The number of hydrogen-bond donors (Lipinski definition) is 2. The Morgan fingerprint density at radius 1 is 1.05 bits per heavy atom. The number of nitrogens with two attached hydrogens (primary N) is 1. The van der Waals surface area contributed by atoms with Crippen LogP contribution in [-0.4, -0.2) is 36.1 Å². The molecule has 0 aromatic carbocycles. The Balaban J connectivity index is 0.00000144. The first kappa shape index (κ1) is 15.8. The van der Waals surface area contributed by atoms with E-state index < -0.39 is 0 Å². The number of nitrogens with one attached hydrogen (secondary N) is 1. The van der Waals surface area contributed by atoms with E-state index >= 15 is 0 Å². The molecular formula is C15H22ClN5S. The molecule has 0 radical (unpaired) electrons. The third kappa shape index (κ3) is 2.75. The Kier molecular flexibility index (Phi) is 4.70. The predicted octanol–water partition coefficient (Wildman–Crippen LogP) is 2.37. The molecule has 0 atom stereocenters. The molecule has 0 spiro atoms. The largest absolute Gasteiger partial charge is 0.368 e. The molecule has 1 fully saturated rings. The Morgan fingerprint density at radius 3 is 2.82 bits per heavy atom. The lowest BCUT2D eigenvalue weighted by molar-refractivity contribution is 0.699. The zero-order valence-corrected chi connectivity index (χ0v) is 14.2. The first-order valence-corrected chi connectivity index (χ1v) is 8.68. The lowest BCUT2D eigenvalue weighted by Crippen LogP contribution is -2.29.